The van der Waals surface area contributed by atoms with Gasteiger partial charge in [-0.15, -0.1) is 0 Å². The number of fused-ring (bicyclic) bond motifs is 1. The number of anilines is 1. The SMILES string of the molecule is O=C(Nc1ccn([C@H]2CCNC2)n1)[C@@H]1COc2ccccc21. The van der Waals surface area contributed by atoms with Crippen LogP contribution in [0.2, 0.25) is 0 Å². The third-order valence-electron chi connectivity index (χ3n) is 4.28. The normalized spacial score (nSPS) is 23.1. The Hall–Kier alpha value is -2.34. The number of para-hydroxylation sites is 1. The molecule has 22 heavy (non-hydrogen) atoms. The molecule has 4 rings (SSSR count). The molecule has 0 spiro atoms. The molecule has 1 aromatic carbocycles. The number of nitrogens with one attached hydrogen (secondary N) is 2. The van der Waals surface area contributed by atoms with Crippen molar-refractivity contribution < 1.29 is 9.53 Å². The van der Waals surface area contributed by atoms with Gasteiger partial charge in [0, 0.05) is 24.4 Å². The summed E-state index contributed by atoms with van der Waals surface area (Å²) in [7, 11) is 0. The minimum absolute atomic E-state index is 0.0697. The van der Waals surface area contributed by atoms with E-state index in [1.54, 1.807) is 0 Å². The molecule has 3 heterocycles. The molecule has 6 nitrogen and oxygen atoms in total. The molecular weight excluding hydrogens is 280 g/mol. The Morgan fingerprint density at radius 1 is 1.36 bits per heavy atom. The molecule has 2 aliphatic heterocycles. The van der Waals surface area contributed by atoms with Gasteiger partial charge in [-0.3, -0.25) is 9.48 Å². The molecule has 1 fully saturated rings. The zero-order valence-corrected chi connectivity index (χ0v) is 12.2. The Kier molecular flexibility index (Phi) is 3.31. The van der Waals surface area contributed by atoms with Crippen LogP contribution in [0, 0.1) is 0 Å². The zero-order valence-electron chi connectivity index (χ0n) is 12.2. The summed E-state index contributed by atoms with van der Waals surface area (Å²) in [6.07, 6.45) is 2.99. The smallest absolute Gasteiger partial charge is 0.236 e. The largest absolute Gasteiger partial charge is 0.492 e. The number of nitrogens with zero attached hydrogens (tertiary/aromatic N) is 2. The van der Waals surface area contributed by atoms with E-state index < -0.39 is 0 Å². The number of aromatic nitrogens is 2. The highest BCUT2D eigenvalue weighted by Gasteiger charge is 2.30. The number of carbonyl (C=O) groups is 1. The number of carbonyl (C=O) groups excluding carboxylic acids is 1. The summed E-state index contributed by atoms with van der Waals surface area (Å²) in [5.74, 6) is 1.06. The van der Waals surface area contributed by atoms with E-state index >= 15 is 0 Å². The minimum atomic E-state index is -0.269. The Balaban J connectivity index is 1.46. The Morgan fingerprint density at radius 2 is 2.27 bits per heavy atom. The lowest BCUT2D eigenvalue weighted by Crippen LogP contribution is -2.22. The number of ether oxygens (including phenoxy) is 1. The lowest BCUT2D eigenvalue weighted by Gasteiger charge is -2.10. The van der Waals surface area contributed by atoms with Crippen LogP contribution in [0.15, 0.2) is 36.5 Å². The monoisotopic (exact) mass is 298 g/mol. The quantitative estimate of drug-likeness (QED) is 0.902. The van der Waals surface area contributed by atoms with E-state index in [0.29, 0.717) is 18.5 Å². The second kappa shape index (κ2) is 5.46. The fourth-order valence-corrected chi connectivity index (χ4v) is 3.07. The third kappa shape index (κ3) is 2.35. The van der Waals surface area contributed by atoms with Crippen molar-refractivity contribution in [1.82, 2.24) is 15.1 Å². The summed E-state index contributed by atoms with van der Waals surface area (Å²) in [6, 6.07) is 9.89. The molecule has 0 radical (unpaired) electrons. The number of hydrogen-bond donors (Lipinski definition) is 2. The predicted molar refractivity (Wildman–Crippen MR) is 82.1 cm³/mol. The van der Waals surface area contributed by atoms with E-state index in [2.05, 4.69) is 15.7 Å². The molecule has 6 heteroatoms. The number of amides is 1. The van der Waals surface area contributed by atoms with Crippen LogP contribution in [-0.2, 0) is 4.79 Å². The van der Waals surface area contributed by atoms with Crippen molar-refractivity contribution >= 4 is 11.7 Å². The summed E-state index contributed by atoms with van der Waals surface area (Å²) < 4.78 is 7.49. The van der Waals surface area contributed by atoms with Crippen LogP contribution in [0.4, 0.5) is 5.82 Å². The maximum absolute atomic E-state index is 12.5. The average molecular weight is 298 g/mol. The Labute approximate surface area is 128 Å². The first-order chi connectivity index (χ1) is 10.8. The van der Waals surface area contributed by atoms with Crippen molar-refractivity contribution in [3.05, 3.63) is 42.1 Å². The molecule has 2 atom stereocenters. The van der Waals surface area contributed by atoms with E-state index in [-0.39, 0.29) is 11.8 Å². The van der Waals surface area contributed by atoms with Gasteiger partial charge in [-0.2, -0.15) is 5.10 Å². The minimum Gasteiger partial charge on any atom is -0.492 e. The molecule has 2 N–H and O–H groups in total. The highest BCUT2D eigenvalue weighted by molar-refractivity contribution is 5.96. The molecule has 0 saturated carbocycles. The van der Waals surface area contributed by atoms with E-state index in [0.717, 1.165) is 30.8 Å². The fourth-order valence-electron chi connectivity index (χ4n) is 3.07. The van der Waals surface area contributed by atoms with Crippen LogP contribution in [0.25, 0.3) is 0 Å². The van der Waals surface area contributed by atoms with E-state index in [9.17, 15) is 4.79 Å². The number of benzene rings is 1. The molecule has 1 amide bonds. The van der Waals surface area contributed by atoms with Crippen molar-refractivity contribution in [2.24, 2.45) is 0 Å². The lowest BCUT2D eigenvalue weighted by molar-refractivity contribution is -0.117. The first-order valence-electron chi connectivity index (χ1n) is 7.60. The Morgan fingerprint density at radius 3 is 3.14 bits per heavy atom. The molecule has 2 aliphatic rings. The molecule has 114 valence electrons. The summed E-state index contributed by atoms with van der Waals surface area (Å²) in [5, 5.41) is 10.7. The average Bonchev–Trinajstić information content (AvgIpc) is 3.27. The van der Waals surface area contributed by atoms with Crippen LogP contribution >= 0.6 is 0 Å². The van der Waals surface area contributed by atoms with Crippen LogP contribution in [0.5, 0.6) is 5.75 Å². The van der Waals surface area contributed by atoms with Gasteiger partial charge in [0.15, 0.2) is 5.82 Å². The van der Waals surface area contributed by atoms with Gasteiger partial charge in [0.2, 0.25) is 5.91 Å². The molecule has 2 aromatic rings. The number of hydrogen-bond acceptors (Lipinski definition) is 4. The maximum atomic E-state index is 12.5. The van der Waals surface area contributed by atoms with Crippen LogP contribution < -0.4 is 15.4 Å². The van der Waals surface area contributed by atoms with Crippen LogP contribution in [-0.4, -0.2) is 35.4 Å². The van der Waals surface area contributed by atoms with Crippen LogP contribution in [0.3, 0.4) is 0 Å². The maximum Gasteiger partial charge on any atom is 0.236 e. The lowest BCUT2D eigenvalue weighted by atomic mass is 10.0. The van der Waals surface area contributed by atoms with Crippen molar-refractivity contribution in [3.63, 3.8) is 0 Å². The van der Waals surface area contributed by atoms with Crippen molar-refractivity contribution in [1.29, 1.82) is 0 Å². The fraction of sp³-hybridized carbons (Fsp3) is 0.375. The molecule has 1 saturated heterocycles. The van der Waals surface area contributed by atoms with Crippen molar-refractivity contribution in [2.45, 2.75) is 18.4 Å². The van der Waals surface area contributed by atoms with Gasteiger partial charge in [-0.1, -0.05) is 18.2 Å². The summed E-state index contributed by atoms with van der Waals surface area (Å²) in [6.45, 7) is 2.33. The molecule has 0 bridgehead atoms. The highest BCUT2D eigenvalue weighted by atomic mass is 16.5. The van der Waals surface area contributed by atoms with E-state index in [4.69, 9.17) is 4.74 Å². The van der Waals surface area contributed by atoms with Crippen LogP contribution in [0.1, 0.15) is 23.9 Å². The number of rotatable bonds is 3. The van der Waals surface area contributed by atoms with Gasteiger partial charge < -0.3 is 15.4 Å². The zero-order chi connectivity index (χ0) is 14.9. The first kappa shape index (κ1) is 13.3. The van der Waals surface area contributed by atoms with Gasteiger partial charge in [-0.25, -0.2) is 0 Å². The van der Waals surface area contributed by atoms with Gasteiger partial charge in [0.1, 0.15) is 18.3 Å². The van der Waals surface area contributed by atoms with Gasteiger partial charge in [0.25, 0.3) is 0 Å². The summed E-state index contributed by atoms with van der Waals surface area (Å²) in [5.41, 5.74) is 0.944. The highest BCUT2D eigenvalue weighted by Crippen LogP contribution is 2.34. The standard InChI is InChI=1S/C16H18N4O2/c21-16(13-10-22-14-4-2-1-3-12(13)14)18-15-6-8-20(19-15)11-5-7-17-9-11/h1-4,6,8,11,13,17H,5,7,9-10H2,(H,18,19,21)/t11-,13+/m0/s1. The Bertz CT molecular complexity index is 691. The second-order valence-corrected chi connectivity index (χ2v) is 5.72. The molecule has 0 aliphatic carbocycles. The van der Waals surface area contributed by atoms with Gasteiger partial charge >= 0.3 is 0 Å². The molecular formula is C16H18N4O2. The molecule has 1 aromatic heterocycles. The first-order valence-corrected chi connectivity index (χ1v) is 7.60. The van der Waals surface area contributed by atoms with E-state index in [1.165, 1.54) is 0 Å². The van der Waals surface area contributed by atoms with Crippen molar-refractivity contribution in [2.75, 3.05) is 25.0 Å². The third-order valence-corrected chi connectivity index (χ3v) is 4.28. The topological polar surface area (TPSA) is 68.2 Å². The van der Waals surface area contributed by atoms with Crippen molar-refractivity contribution in [3.8, 4) is 5.75 Å². The second-order valence-electron chi connectivity index (χ2n) is 5.72. The summed E-state index contributed by atoms with van der Waals surface area (Å²) in [4.78, 5) is 12.5. The van der Waals surface area contributed by atoms with Gasteiger partial charge in [0.05, 0.1) is 6.04 Å². The van der Waals surface area contributed by atoms with Gasteiger partial charge in [-0.05, 0) is 19.0 Å². The molecule has 0 unspecified atom stereocenters. The summed E-state index contributed by atoms with van der Waals surface area (Å²) >= 11 is 0. The predicted octanol–water partition coefficient (Wildman–Crippen LogP) is 1.53. The van der Waals surface area contributed by atoms with E-state index in [1.807, 2.05) is 41.2 Å².